The molecule has 0 saturated heterocycles. The molecule has 0 spiro atoms. The van der Waals surface area contributed by atoms with E-state index >= 15 is 0 Å². The lowest BCUT2D eigenvalue weighted by molar-refractivity contribution is 0.419. The van der Waals surface area contributed by atoms with Crippen molar-refractivity contribution in [2.75, 3.05) is 0 Å². The third-order valence-corrected chi connectivity index (χ3v) is 2.67. The molecular weight excluding hydrogens is 233 g/mol. The maximum absolute atomic E-state index is 13.4. The molecule has 0 radical (unpaired) electrons. The molecule has 1 aromatic carbocycles. The Bertz CT molecular complexity index is 349. The highest BCUT2D eigenvalue weighted by Crippen LogP contribution is 2.40. The van der Waals surface area contributed by atoms with E-state index in [0.29, 0.717) is 0 Å². The second-order valence-electron chi connectivity index (χ2n) is 3.17. The molecule has 0 aromatic heterocycles. The number of benzene rings is 1. The topological polar surface area (TPSA) is 20.2 Å². The van der Waals surface area contributed by atoms with Crippen molar-refractivity contribution in [1.29, 1.82) is 0 Å². The average molecular weight is 241 g/mol. The molecule has 0 aliphatic rings. The van der Waals surface area contributed by atoms with Gasteiger partial charge >= 0.3 is 0 Å². The van der Waals surface area contributed by atoms with E-state index < -0.39 is 33.3 Å². The Hall–Kier alpha value is -0.540. The lowest BCUT2D eigenvalue weighted by Crippen LogP contribution is -2.00. The molecule has 1 rings (SSSR count). The molecule has 0 saturated carbocycles. The van der Waals surface area contributed by atoms with E-state index in [4.69, 9.17) is 23.2 Å². The highest BCUT2D eigenvalue weighted by Gasteiger charge is 2.23. The minimum absolute atomic E-state index is 0.253. The SMILES string of the molecule is CC(C)c1c(F)c(O)c(Cl)c(Cl)c1F. The summed E-state index contributed by atoms with van der Waals surface area (Å²) in [6, 6.07) is 0. The molecule has 1 nitrogen and oxygen atoms in total. The summed E-state index contributed by atoms with van der Waals surface area (Å²) in [7, 11) is 0. The van der Waals surface area contributed by atoms with Crippen molar-refractivity contribution < 1.29 is 13.9 Å². The van der Waals surface area contributed by atoms with E-state index in [9.17, 15) is 13.9 Å². The number of hydrogen-bond donors (Lipinski definition) is 1. The van der Waals surface area contributed by atoms with Crippen LogP contribution in [0.5, 0.6) is 5.75 Å². The normalized spacial score (nSPS) is 11.1. The molecule has 0 aliphatic carbocycles. The van der Waals surface area contributed by atoms with Gasteiger partial charge in [-0.3, -0.25) is 0 Å². The predicted octanol–water partition coefficient (Wildman–Crippen LogP) is 4.10. The summed E-state index contributed by atoms with van der Waals surface area (Å²) in [5.41, 5.74) is -0.253. The van der Waals surface area contributed by atoms with Crippen molar-refractivity contribution in [2.24, 2.45) is 0 Å². The van der Waals surface area contributed by atoms with E-state index in [0.717, 1.165) is 0 Å². The van der Waals surface area contributed by atoms with Crippen LogP contribution in [-0.2, 0) is 0 Å². The molecule has 0 heterocycles. The Morgan fingerprint density at radius 2 is 1.57 bits per heavy atom. The number of aromatic hydroxyl groups is 1. The van der Waals surface area contributed by atoms with Gasteiger partial charge in [0.2, 0.25) is 0 Å². The predicted molar refractivity (Wildman–Crippen MR) is 52.1 cm³/mol. The first-order valence-corrected chi connectivity index (χ1v) is 4.68. The molecule has 0 fully saturated rings. The van der Waals surface area contributed by atoms with Gasteiger partial charge in [-0.1, -0.05) is 37.0 Å². The summed E-state index contributed by atoms with van der Waals surface area (Å²) in [6.45, 7) is 3.18. The van der Waals surface area contributed by atoms with Crippen LogP contribution < -0.4 is 0 Å². The van der Waals surface area contributed by atoms with Gasteiger partial charge < -0.3 is 5.11 Å². The fourth-order valence-corrected chi connectivity index (χ4v) is 1.50. The highest BCUT2D eigenvalue weighted by molar-refractivity contribution is 6.43. The quantitative estimate of drug-likeness (QED) is 0.579. The van der Waals surface area contributed by atoms with Crippen molar-refractivity contribution in [3.05, 3.63) is 27.2 Å². The molecule has 0 bridgehead atoms. The number of halogens is 4. The van der Waals surface area contributed by atoms with E-state index in [1.807, 2.05) is 0 Å². The fourth-order valence-electron chi connectivity index (χ4n) is 1.15. The van der Waals surface area contributed by atoms with Crippen LogP contribution in [0.15, 0.2) is 0 Å². The maximum atomic E-state index is 13.4. The zero-order valence-electron chi connectivity index (χ0n) is 7.54. The largest absolute Gasteiger partial charge is 0.504 e. The fraction of sp³-hybridized carbons (Fsp3) is 0.333. The smallest absolute Gasteiger partial charge is 0.172 e. The summed E-state index contributed by atoms with van der Waals surface area (Å²) in [6.07, 6.45) is 0. The van der Waals surface area contributed by atoms with E-state index in [2.05, 4.69) is 0 Å². The zero-order chi connectivity index (χ0) is 11.0. The van der Waals surface area contributed by atoms with Gasteiger partial charge in [0.15, 0.2) is 11.6 Å². The van der Waals surface area contributed by atoms with Gasteiger partial charge in [-0.2, -0.15) is 0 Å². The molecule has 0 unspecified atom stereocenters. The molecule has 0 amide bonds. The van der Waals surface area contributed by atoms with Crippen LogP contribution in [0.25, 0.3) is 0 Å². The van der Waals surface area contributed by atoms with E-state index in [-0.39, 0.29) is 5.56 Å². The molecule has 78 valence electrons. The third-order valence-electron chi connectivity index (χ3n) is 1.85. The van der Waals surface area contributed by atoms with Crippen molar-refractivity contribution in [3.63, 3.8) is 0 Å². The van der Waals surface area contributed by atoms with Crippen molar-refractivity contribution >= 4 is 23.2 Å². The van der Waals surface area contributed by atoms with Gasteiger partial charge in [0.1, 0.15) is 10.8 Å². The van der Waals surface area contributed by atoms with E-state index in [1.54, 1.807) is 13.8 Å². The standard InChI is InChI=1S/C9H8Cl2F2O/c1-3(2)4-7(12)5(10)6(11)9(14)8(4)13/h3,14H,1-2H3. The monoisotopic (exact) mass is 240 g/mol. The molecule has 5 heteroatoms. The summed E-state index contributed by atoms with van der Waals surface area (Å²) in [5.74, 6) is -3.19. The molecule has 0 atom stereocenters. The summed E-state index contributed by atoms with van der Waals surface area (Å²) in [4.78, 5) is 0. The second-order valence-corrected chi connectivity index (χ2v) is 3.93. The molecule has 0 aliphatic heterocycles. The van der Waals surface area contributed by atoms with Crippen LogP contribution in [0.4, 0.5) is 8.78 Å². The van der Waals surface area contributed by atoms with Crippen LogP contribution in [0.3, 0.4) is 0 Å². The molecule has 1 N–H and O–H groups in total. The molecule has 14 heavy (non-hydrogen) atoms. The van der Waals surface area contributed by atoms with Gasteiger partial charge in [-0.25, -0.2) is 8.78 Å². The van der Waals surface area contributed by atoms with Crippen LogP contribution >= 0.6 is 23.2 Å². The first-order valence-electron chi connectivity index (χ1n) is 3.92. The second kappa shape index (κ2) is 3.91. The first kappa shape index (κ1) is 11.5. The number of rotatable bonds is 1. The van der Waals surface area contributed by atoms with E-state index in [1.165, 1.54) is 0 Å². The number of phenolic OH excluding ortho intramolecular Hbond substituents is 1. The van der Waals surface area contributed by atoms with Gasteiger partial charge in [0.05, 0.1) is 5.02 Å². The lowest BCUT2D eigenvalue weighted by Gasteiger charge is -2.12. The van der Waals surface area contributed by atoms with Crippen LogP contribution in [0, 0.1) is 11.6 Å². The Kier molecular flexibility index (Phi) is 3.22. The average Bonchev–Trinajstić information content (AvgIpc) is 2.11. The summed E-state index contributed by atoms with van der Waals surface area (Å²) in [5, 5.41) is 8.24. The van der Waals surface area contributed by atoms with Crippen LogP contribution in [0.2, 0.25) is 10.0 Å². The minimum Gasteiger partial charge on any atom is -0.504 e. The van der Waals surface area contributed by atoms with Gasteiger partial charge in [0.25, 0.3) is 0 Å². The zero-order valence-corrected chi connectivity index (χ0v) is 9.05. The van der Waals surface area contributed by atoms with Crippen molar-refractivity contribution in [2.45, 2.75) is 19.8 Å². The lowest BCUT2D eigenvalue weighted by atomic mass is 10.0. The first-order chi connectivity index (χ1) is 6.37. The number of phenols is 1. The summed E-state index contributed by atoms with van der Waals surface area (Å²) >= 11 is 10.9. The third kappa shape index (κ3) is 1.66. The van der Waals surface area contributed by atoms with Crippen molar-refractivity contribution in [1.82, 2.24) is 0 Å². The summed E-state index contributed by atoms with van der Waals surface area (Å²) < 4.78 is 26.7. The van der Waals surface area contributed by atoms with Crippen LogP contribution in [-0.4, -0.2) is 5.11 Å². The Balaban J connectivity index is 3.60. The van der Waals surface area contributed by atoms with Gasteiger partial charge in [-0.05, 0) is 5.92 Å². The van der Waals surface area contributed by atoms with Crippen molar-refractivity contribution in [3.8, 4) is 5.75 Å². The van der Waals surface area contributed by atoms with Crippen LogP contribution in [0.1, 0.15) is 25.3 Å². The molecule has 1 aromatic rings. The molecular formula is C9H8Cl2F2O. The Morgan fingerprint density at radius 1 is 1.07 bits per heavy atom. The number of hydrogen-bond acceptors (Lipinski definition) is 1. The maximum Gasteiger partial charge on any atom is 0.172 e. The Labute approximate surface area is 90.3 Å². The minimum atomic E-state index is -1.05. The van der Waals surface area contributed by atoms with Gasteiger partial charge in [0, 0.05) is 5.56 Å². The highest BCUT2D eigenvalue weighted by atomic mass is 35.5. The van der Waals surface area contributed by atoms with Gasteiger partial charge in [-0.15, -0.1) is 0 Å². The Morgan fingerprint density at radius 3 is 2.00 bits per heavy atom.